The second-order valence-corrected chi connectivity index (χ2v) is 5.36. The van der Waals surface area contributed by atoms with Crippen LogP contribution in [0.2, 0.25) is 0 Å². The minimum absolute atomic E-state index is 0.342. The molecule has 0 aliphatic heterocycles. The number of carbonyl (C=O) groups excluding carboxylic acids is 1. The smallest absolute Gasteiger partial charge is 0.340 e. The van der Waals surface area contributed by atoms with Crippen LogP contribution in [0.4, 0.5) is 5.69 Å². The first-order chi connectivity index (χ1) is 9.61. The molecule has 0 bridgehead atoms. The predicted octanol–water partition coefficient (Wildman–Crippen LogP) is 4.17. The van der Waals surface area contributed by atoms with Crippen molar-refractivity contribution >= 4 is 17.9 Å². The van der Waals surface area contributed by atoms with Gasteiger partial charge in [-0.1, -0.05) is 30.7 Å². The van der Waals surface area contributed by atoms with Crippen LogP contribution in [0.5, 0.6) is 0 Å². The number of rotatable bonds is 3. The fourth-order valence-electron chi connectivity index (χ4n) is 2.57. The van der Waals surface area contributed by atoms with Crippen LogP contribution in [-0.4, -0.2) is 19.3 Å². The van der Waals surface area contributed by atoms with Gasteiger partial charge in [-0.3, -0.25) is 4.99 Å². The average molecular weight is 271 g/mol. The van der Waals surface area contributed by atoms with Crippen molar-refractivity contribution in [3.8, 4) is 0 Å². The van der Waals surface area contributed by atoms with Gasteiger partial charge in [0.2, 0.25) is 0 Å². The highest BCUT2D eigenvalue weighted by atomic mass is 16.5. The molecule has 2 rings (SSSR count). The zero-order chi connectivity index (χ0) is 14.5. The van der Waals surface area contributed by atoms with Crippen LogP contribution in [-0.2, 0) is 4.74 Å². The maximum atomic E-state index is 11.7. The first-order valence-corrected chi connectivity index (χ1v) is 7.00. The van der Waals surface area contributed by atoms with Crippen LogP contribution in [0, 0.1) is 11.8 Å². The Morgan fingerprint density at radius 3 is 2.85 bits per heavy atom. The molecule has 1 aliphatic rings. The molecule has 0 saturated carbocycles. The van der Waals surface area contributed by atoms with E-state index in [1.165, 1.54) is 12.7 Å². The van der Waals surface area contributed by atoms with Crippen molar-refractivity contribution in [2.45, 2.75) is 26.7 Å². The summed E-state index contributed by atoms with van der Waals surface area (Å²) in [7, 11) is 1.39. The number of allylic oxidation sites excluding steroid dienone is 2. The summed E-state index contributed by atoms with van der Waals surface area (Å²) in [5.74, 6) is 0.590. The third-order valence-corrected chi connectivity index (χ3v) is 3.81. The van der Waals surface area contributed by atoms with Gasteiger partial charge >= 0.3 is 5.97 Å². The highest BCUT2D eigenvalue weighted by Gasteiger charge is 2.18. The van der Waals surface area contributed by atoms with E-state index in [9.17, 15) is 4.79 Å². The molecule has 0 radical (unpaired) electrons. The number of methoxy groups -OCH3 is 1. The number of carbonyl (C=O) groups is 1. The fraction of sp³-hybridized carbons (Fsp3) is 0.412. The van der Waals surface area contributed by atoms with E-state index >= 15 is 0 Å². The van der Waals surface area contributed by atoms with Gasteiger partial charge in [-0.05, 0) is 37.8 Å². The number of hydrogen-bond donors (Lipinski definition) is 0. The van der Waals surface area contributed by atoms with Gasteiger partial charge in [-0.2, -0.15) is 0 Å². The van der Waals surface area contributed by atoms with E-state index in [1.54, 1.807) is 6.07 Å². The fourth-order valence-corrected chi connectivity index (χ4v) is 2.57. The van der Waals surface area contributed by atoms with Crippen molar-refractivity contribution in [2.24, 2.45) is 16.8 Å². The van der Waals surface area contributed by atoms with E-state index in [-0.39, 0.29) is 5.97 Å². The first-order valence-electron chi connectivity index (χ1n) is 7.00. The SMILES string of the molecule is COC(=O)c1ccccc1N=C[C@H]1CCC(C)=C[C@@H]1C. The predicted molar refractivity (Wildman–Crippen MR) is 81.6 cm³/mol. The van der Waals surface area contributed by atoms with Crippen molar-refractivity contribution < 1.29 is 9.53 Å². The molecule has 0 fully saturated rings. The molecule has 0 heterocycles. The van der Waals surface area contributed by atoms with Gasteiger partial charge in [0.1, 0.15) is 0 Å². The molecule has 3 nitrogen and oxygen atoms in total. The highest BCUT2D eigenvalue weighted by Crippen LogP contribution is 2.28. The van der Waals surface area contributed by atoms with E-state index < -0.39 is 0 Å². The minimum atomic E-state index is -0.342. The first kappa shape index (κ1) is 14.5. The van der Waals surface area contributed by atoms with E-state index in [0.29, 0.717) is 23.1 Å². The summed E-state index contributed by atoms with van der Waals surface area (Å²) in [6, 6.07) is 7.29. The lowest BCUT2D eigenvalue weighted by Crippen LogP contribution is -2.15. The van der Waals surface area contributed by atoms with Crippen molar-refractivity contribution in [2.75, 3.05) is 7.11 Å². The number of hydrogen-bond acceptors (Lipinski definition) is 3. The van der Waals surface area contributed by atoms with Crippen LogP contribution < -0.4 is 0 Å². The largest absolute Gasteiger partial charge is 0.465 e. The van der Waals surface area contributed by atoms with Gasteiger partial charge < -0.3 is 4.74 Å². The summed E-state index contributed by atoms with van der Waals surface area (Å²) in [6.07, 6.45) is 6.54. The Morgan fingerprint density at radius 1 is 1.40 bits per heavy atom. The molecule has 0 spiro atoms. The normalized spacial score (nSPS) is 22.6. The number of aliphatic imine (C=N–C) groups is 1. The molecule has 1 aliphatic carbocycles. The van der Waals surface area contributed by atoms with Gasteiger partial charge in [0.05, 0.1) is 18.4 Å². The summed E-state index contributed by atoms with van der Waals surface area (Å²) in [5, 5.41) is 0. The Bertz CT molecular complexity index is 546. The molecule has 20 heavy (non-hydrogen) atoms. The molecule has 106 valence electrons. The Kier molecular flexibility index (Phi) is 4.72. The van der Waals surface area contributed by atoms with E-state index in [1.807, 2.05) is 24.4 Å². The van der Waals surface area contributed by atoms with E-state index in [2.05, 4.69) is 24.9 Å². The molecule has 0 amide bonds. The average Bonchev–Trinajstić information content (AvgIpc) is 2.46. The molecule has 1 aromatic rings. The molecule has 1 aromatic carbocycles. The third-order valence-electron chi connectivity index (χ3n) is 3.81. The number of benzene rings is 1. The molecule has 3 heteroatoms. The Balaban J connectivity index is 2.18. The Morgan fingerprint density at radius 2 is 2.15 bits per heavy atom. The maximum Gasteiger partial charge on any atom is 0.340 e. The van der Waals surface area contributed by atoms with Crippen LogP contribution >= 0.6 is 0 Å². The van der Waals surface area contributed by atoms with E-state index in [0.717, 1.165) is 12.8 Å². The lowest BCUT2D eigenvalue weighted by molar-refractivity contribution is 0.0601. The molecular formula is C17H21NO2. The summed E-state index contributed by atoms with van der Waals surface area (Å²) >= 11 is 0. The van der Waals surface area contributed by atoms with Gasteiger partial charge in [-0.25, -0.2) is 4.79 Å². The lowest BCUT2D eigenvalue weighted by Gasteiger charge is -2.23. The number of nitrogens with zero attached hydrogens (tertiary/aromatic N) is 1. The van der Waals surface area contributed by atoms with Crippen molar-refractivity contribution in [1.29, 1.82) is 0 Å². The summed E-state index contributed by atoms with van der Waals surface area (Å²) in [5.41, 5.74) is 2.65. The second-order valence-electron chi connectivity index (χ2n) is 5.36. The molecule has 0 N–H and O–H groups in total. The highest BCUT2D eigenvalue weighted by molar-refractivity contribution is 5.95. The molecule has 0 aromatic heterocycles. The zero-order valence-electron chi connectivity index (χ0n) is 12.3. The standard InChI is InChI=1S/C17H21NO2/c1-12-8-9-14(13(2)10-12)11-18-16-7-5-4-6-15(16)17(19)20-3/h4-7,10-11,13-14H,8-9H2,1-3H3/t13-,14+/m0/s1. The third kappa shape index (κ3) is 3.35. The van der Waals surface area contributed by atoms with Crippen LogP contribution in [0.1, 0.15) is 37.0 Å². The minimum Gasteiger partial charge on any atom is -0.465 e. The van der Waals surface area contributed by atoms with Crippen LogP contribution in [0.15, 0.2) is 40.9 Å². The Hall–Kier alpha value is -1.90. The van der Waals surface area contributed by atoms with Crippen LogP contribution in [0.3, 0.4) is 0 Å². The van der Waals surface area contributed by atoms with Gasteiger partial charge in [0, 0.05) is 12.1 Å². The molecular weight excluding hydrogens is 250 g/mol. The Labute approximate surface area is 120 Å². The number of para-hydroxylation sites is 1. The molecule has 0 unspecified atom stereocenters. The second kappa shape index (κ2) is 6.51. The zero-order valence-corrected chi connectivity index (χ0v) is 12.3. The number of esters is 1. The van der Waals surface area contributed by atoms with Crippen molar-refractivity contribution in [1.82, 2.24) is 0 Å². The summed E-state index contributed by atoms with van der Waals surface area (Å²) in [4.78, 5) is 16.2. The molecule has 2 atom stereocenters. The lowest BCUT2D eigenvalue weighted by atomic mass is 9.83. The quantitative estimate of drug-likeness (QED) is 0.470. The summed E-state index contributed by atoms with van der Waals surface area (Å²) in [6.45, 7) is 4.39. The van der Waals surface area contributed by atoms with Gasteiger partial charge in [0.25, 0.3) is 0 Å². The number of ether oxygens (including phenoxy) is 1. The van der Waals surface area contributed by atoms with Crippen LogP contribution in [0.25, 0.3) is 0 Å². The monoisotopic (exact) mass is 271 g/mol. The maximum absolute atomic E-state index is 11.7. The topological polar surface area (TPSA) is 38.7 Å². The van der Waals surface area contributed by atoms with Crippen molar-refractivity contribution in [3.63, 3.8) is 0 Å². The summed E-state index contributed by atoms with van der Waals surface area (Å²) < 4.78 is 4.78. The van der Waals surface area contributed by atoms with Gasteiger partial charge in [-0.15, -0.1) is 0 Å². The molecule has 0 saturated heterocycles. The van der Waals surface area contributed by atoms with Crippen molar-refractivity contribution in [3.05, 3.63) is 41.5 Å². The van der Waals surface area contributed by atoms with Gasteiger partial charge in [0.15, 0.2) is 0 Å². The van der Waals surface area contributed by atoms with E-state index in [4.69, 9.17) is 4.74 Å².